The quantitative estimate of drug-likeness (QED) is 0.214. The molecule has 0 aliphatic heterocycles. The number of benzene rings is 6. The van der Waals surface area contributed by atoms with Crippen molar-refractivity contribution in [1.29, 1.82) is 0 Å². The van der Waals surface area contributed by atoms with Gasteiger partial charge in [-0.2, -0.15) is 0 Å². The van der Waals surface area contributed by atoms with Crippen LogP contribution in [0.4, 0.5) is 0 Å². The van der Waals surface area contributed by atoms with Gasteiger partial charge in [0.25, 0.3) is 0 Å². The molecule has 0 radical (unpaired) electrons. The number of hydrogen-bond donors (Lipinski definition) is 0. The van der Waals surface area contributed by atoms with Crippen molar-refractivity contribution in [3.05, 3.63) is 133 Å². The van der Waals surface area contributed by atoms with E-state index in [4.69, 9.17) is 9.40 Å². The van der Waals surface area contributed by atoms with Crippen LogP contribution in [0.3, 0.4) is 0 Å². The summed E-state index contributed by atoms with van der Waals surface area (Å²) in [4.78, 5) is 5.19. The number of furan rings is 1. The lowest BCUT2D eigenvalue weighted by molar-refractivity contribution is 0.669. The molecule has 4 heterocycles. The maximum absolute atomic E-state index is 6.16. The Hall–Kier alpha value is -5.81. The van der Waals surface area contributed by atoms with Gasteiger partial charge in [0.05, 0.1) is 38.8 Å². The lowest BCUT2D eigenvalue weighted by atomic mass is 10.1. The molecular formula is C38H24N4O. The van der Waals surface area contributed by atoms with Gasteiger partial charge in [-0.3, -0.25) is 8.97 Å². The Labute approximate surface area is 245 Å². The first-order valence-corrected chi connectivity index (χ1v) is 14.6. The molecule has 0 unspecified atom stereocenters. The molecule has 5 heteroatoms. The minimum Gasteiger partial charge on any atom is -0.456 e. The predicted octanol–water partition coefficient (Wildman–Crippen LogP) is 9.74. The topological polar surface area (TPSA) is 40.3 Å². The molecule has 0 amide bonds. The molecule has 43 heavy (non-hydrogen) atoms. The maximum atomic E-state index is 6.16. The van der Waals surface area contributed by atoms with Crippen LogP contribution in [0.25, 0.3) is 83.0 Å². The van der Waals surface area contributed by atoms with E-state index in [1.165, 1.54) is 21.9 Å². The van der Waals surface area contributed by atoms with Crippen LogP contribution in [0.5, 0.6) is 0 Å². The normalized spacial score (nSPS) is 12.3. The summed E-state index contributed by atoms with van der Waals surface area (Å²) in [5.41, 5.74) is 12.0. The molecule has 0 saturated heterocycles. The van der Waals surface area contributed by atoms with Crippen molar-refractivity contribution in [2.45, 2.75) is 6.92 Å². The molecule has 0 atom stereocenters. The Morgan fingerprint density at radius 3 is 2.21 bits per heavy atom. The summed E-state index contributed by atoms with van der Waals surface area (Å²) in [5, 5.41) is 4.65. The van der Waals surface area contributed by atoms with Crippen LogP contribution in [0.2, 0.25) is 0 Å². The Morgan fingerprint density at radius 1 is 0.558 bits per heavy atom. The summed E-state index contributed by atoms with van der Waals surface area (Å²) in [6.07, 6.45) is 0. The summed E-state index contributed by atoms with van der Waals surface area (Å²) in [5.74, 6) is 0.918. The van der Waals surface area contributed by atoms with Crippen LogP contribution in [-0.2, 0) is 0 Å². The van der Waals surface area contributed by atoms with E-state index in [9.17, 15) is 0 Å². The first-order chi connectivity index (χ1) is 21.3. The van der Waals surface area contributed by atoms with Gasteiger partial charge in [-0.25, -0.2) is 4.98 Å². The Kier molecular flexibility index (Phi) is 4.32. The van der Waals surface area contributed by atoms with Crippen molar-refractivity contribution in [3.63, 3.8) is 0 Å². The van der Waals surface area contributed by atoms with Crippen LogP contribution in [-0.4, -0.2) is 18.5 Å². The first-order valence-electron chi connectivity index (χ1n) is 14.6. The molecule has 6 aromatic carbocycles. The molecule has 0 fully saturated rings. The molecule has 10 rings (SSSR count). The van der Waals surface area contributed by atoms with Gasteiger partial charge in [-0.05, 0) is 73.2 Å². The highest BCUT2D eigenvalue weighted by molar-refractivity contribution is 6.14. The van der Waals surface area contributed by atoms with Crippen molar-refractivity contribution in [2.75, 3.05) is 0 Å². The number of rotatable bonds is 2. The van der Waals surface area contributed by atoms with Gasteiger partial charge in [0.1, 0.15) is 11.2 Å². The molecule has 0 spiro atoms. The number of hydrogen-bond acceptors (Lipinski definition) is 2. The highest BCUT2D eigenvalue weighted by Crippen LogP contribution is 2.40. The summed E-state index contributed by atoms with van der Waals surface area (Å²) in [6.45, 7) is 2.19. The molecule has 0 bridgehead atoms. The van der Waals surface area contributed by atoms with Crippen molar-refractivity contribution < 1.29 is 4.42 Å². The monoisotopic (exact) mass is 552 g/mol. The van der Waals surface area contributed by atoms with E-state index in [1.807, 2.05) is 12.1 Å². The fourth-order valence-corrected chi connectivity index (χ4v) is 7.16. The molecule has 0 aliphatic rings. The molecule has 0 N–H and O–H groups in total. The maximum Gasteiger partial charge on any atom is 0.220 e. The number of imidazole rings is 2. The van der Waals surface area contributed by atoms with Crippen molar-refractivity contribution in [3.8, 4) is 11.4 Å². The van der Waals surface area contributed by atoms with E-state index in [0.717, 1.165) is 66.7 Å². The molecule has 10 aromatic rings. The average Bonchev–Trinajstić information content (AvgIpc) is 3.78. The van der Waals surface area contributed by atoms with Crippen LogP contribution in [0.1, 0.15) is 5.56 Å². The van der Waals surface area contributed by atoms with Crippen LogP contribution in [0, 0.1) is 6.92 Å². The third kappa shape index (κ3) is 2.93. The molecule has 4 aromatic heterocycles. The average molecular weight is 553 g/mol. The molecule has 5 nitrogen and oxygen atoms in total. The van der Waals surface area contributed by atoms with Crippen LogP contribution in [0.15, 0.2) is 132 Å². The summed E-state index contributed by atoms with van der Waals surface area (Å²) >= 11 is 0. The van der Waals surface area contributed by atoms with E-state index < -0.39 is 0 Å². The van der Waals surface area contributed by atoms with Gasteiger partial charge in [-0.15, -0.1) is 0 Å². The fraction of sp³-hybridized carbons (Fsp3) is 0.0263. The van der Waals surface area contributed by atoms with Gasteiger partial charge >= 0.3 is 0 Å². The van der Waals surface area contributed by atoms with E-state index in [2.05, 4.69) is 136 Å². The predicted molar refractivity (Wildman–Crippen MR) is 176 cm³/mol. The standard InChI is InChI=1S/C38H24N4O/c1-23-10-8-18-33-37(23)42(38-39-28-13-4-6-15-30(28)41(33)38)32-17-9-16-31-36(32)26-12-2-5-14-29(26)40(31)24-20-21-35-27(22-24)25-11-3-7-19-34(25)43-35/h2-22H,1H3. The minimum atomic E-state index is 0.898. The number of nitrogens with zero attached hydrogens (tertiary/aromatic N) is 4. The summed E-state index contributed by atoms with van der Waals surface area (Å²) in [7, 11) is 0. The zero-order valence-electron chi connectivity index (χ0n) is 23.3. The number of para-hydroxylation sites is 5. The summed E-state index contributed by atoms with van der Waals surface area (Å²) < 4.78 is 13.2. The van der Waals surface area contributed by atoms with Gasteiger partial charge in [0.2, 0.25) is 5.78 Å². The van der Waals surface area contributed by atoms with E-state index in [-0.39, 0.29) is 0 Å². The Balaban J connectivity index is 1.35. The highest BCUT2D eigenvalue weighted by Gasteiger charge is 2.22. The SMILES string of the molecule is Cc1cccc2c1n(-c1cccc3c1c1ccccc1n3-c1ccc3oc4ccccc4c3c1)c1nc3ccccc3n21. The largest absolute Gasteiger partial charge is 0.456 e. The molecule has 202 valence electrons. The van der Waals surface area contributed by atoms with Crippen LogP contribution >= 0.6 is 0 Å². The zero-order valence-corrected chi connectivity index (χ0v) is 23.3. The van der Waals surface area contributed by atoms with E-state index in [0.29, 0.717) is 0 Å². The molecular weight excluding hydrogens is 528 g/mol. The number of aryl methyl sites for hydroxylation is 1. The lowest BCUT2D eigenvalue weighted by Crippen LogP contribution is -1.98. The number of aromatic nitrogens is 4. The van der Waals surface area contributed by atoms with Gasteiger partial charge in [0.15, 0.2) is 0 Å². The highest BCUT2D eigenvalue weighted by atomic mass is 16.3. The second-order valence-electron chi connectivity index (χ2n) is 11.3. The fourth-order valence-electron chi connectivity index (χ4n) is 7.16. The Morgan fingerprint density at radius 2 is 1.28 bits per heavy atom. The summed E-state index contributed by atoms with van der Waals surface area (Å²) in [6, 6.07) is 45.0. The lowest BCUT2D eigenvalue weighted by Gasteiger charge is -2.11. The van der Waals surface area contributed by atoms with Gasteiger partial charge in [-0.1, -0.05) is 66.7 Å². The first kappa shape index (κ1) is 22.8. The minimum absolute atomic E-state index is 0.898. The molecule has 0 saturated carbocycles. The zero-order chi connectivity index (χ0) is 28.2. The van der Waals surface area contributed by atoms with Crippen LogP contribution < -0.4 is 0 Å². The second kappa shape index (κ2) is 8.14. The van der Waals surface area contributed by atoms with E-state index >= 15 is 0 Å². The smallest absolute Gasteiger partial charge is 0.220 e. The van der Waals surface area contributed by atoms with E-state index in [1.54, 1.807) is 0 Å². The third-order valence-corrected chi connectivity index (χ3v) is 8.96. The van der Waals surface area contributed by atoms with Gasteiger partial charge < -0.3 is 8.98 Å². The van der Waals surface area contributed by atoms with Gasteiger partial charge in [0, 0.05) is 27.2 Å². The third-order valence-electron chi connectivity index (χ3n) is 8.96. The molecule has 0 aliphatic carbocycles. The van der Waals surface area contributed by atoms with Crippen molar-refractivity contribution >= 4 is 71.6 Å². The van der Waals surface area contributed by atoms with Crippen molar-refractivity contribution in [1.82, 2.24) is 18.5 Å². The van der Waals surface area contributed by atoms with Crippen molar-refractivity contribution in [2.24, 2.45) is 0 Å². The number of fused-ring (bicyclic) bond motifs is 11. The second-order valence-corrected chi connectivity index (χ2v) is 11.3. The Bertz CT molecular complexity index is 2750.